The number of aromatic nitrogens is 4. The van der Waals surface area contributed by atoms with E-state index in [0.717, 1.165) is 22.6 Å². The number of imidazole rings is 1. The number of carbonyl (C=O) groups is 1. The predicted molar refractivity (Wildman–Crippen MR) is 120 cm³/mol. The zero-order valence-corrected chi connectivity index (χ0v) is 18.2. The minimum Gasteiger partial charge on any atom is -0.494 e. The van der Waals surface area contributed by atoms with Crippen molar-refractivity contribution in [2.45, 2.75) is 44.9 Å². The molecule has 4 heterocycles. The fraction of sp³-hybridized carbons (Fsp3) is 0.333. The summed E-state index contributed by atoms with van der Waals surface area (Å²) < 4.78 is 13.0. The van der Waals surface area contributed by atoms with Gasteiger partial charge in [0.05, 0.1) is 12.8 Å². The van der Waals surface area contributed by atoms with Crippen LogP contribution in [0.4, 0.5) is 5.69 Å². The molecule has 1 N–H and O–H groups in total. The zero-order chi connectivity index (χ0) is 22.1. The third kappa shape index (κ3) is 3.95. The zero-order valence-electron chi connectivity index (χ0n) is 18.2. The second-order valence-corrected chi connectivity index (χ2v) is 8.20. The van der Waals surface area contributed by atoms with Gasteiger partial charge in [0.1, 0.15) is 23.3 Å². The summed E-state index contributed by atoms with van der Waals surface area (Å²) in [5.41, 5.74) is 4.25. The number of nitrogens with one attached hydrogen (secondary N) is 1. The molecule has 1 aliphatic rings. The van der Waals surface area contributed by atoms with Crippen molar-refractivity contribution in [3.63, 3.8) is 0 Å². The number of hydrogen-bond acceptors (Lipinski definition) is 6. The Hall–Kier alpha value is -3.68. The van der Waals surface area contributed by atoms with Crippen LogP contribution in [-0.2, 0) is 0 Å². The normalized spacial score (nSPS) is 14.6. The number of hydrogen-bond donors (Lipinski definition) is 1. The molecule has 5 rings (SSSR count). The smallest absolute Gasteiger partial charge is 0.277 e. The molecule has 0 unspecified atom stereocenters. The van der Waals surface area contributed by atoms with E-state index in [4.69, 9.17) is 14.1 Å². The first-order valence-electron chi connectivity index (χ1n) is 10.9. The summed E-state index contributed by atoms with van der Waals surface area (Å²) in [6.45, 7) is 1.89. The van der Waals surface area contributed by atoms with E-state index in [-0.39, 0.29) is 11.6 Å². The summed E-state index contributed by atoms with van der Waals surface area (Å²) in [6, 6.07) is 5.49. The van der Waals surface area contributed by atoms with Crippen molar-refractivity contribution < 1.29 is 13.9 Å². The molecular weight excluding hydrogens is 406 g/mol. The highest BCUT2D eigenvalue weighted by Gasteiger charge is 2.20. The van der Waals surface area contributed by atoms with Gasteiger partial charge in [0.2, 0.25) is 5.89 Å². The second-order valence-electron chi connectivity index (χ2n) is 8.20. The molecule has 1 amide bonds. The molecule has 4 aromatic rings. The van der Waals surface area contributed by atoms with Crippen LogP contribution in [0.2, 0.25) is 0 Å². The topological polar surface area (TPSA) is 94.6 Å². The van der Waals surface area contributed by atoms with Crippen LogP contribution in [0.3, 0.4) is 0 Å². The SMILES string of the molecule is COc1cc2nc(C3CCCCC3)cn2cc1NC(=O)c1coc(-c2ccnc(C)c2)n1. The van der Waals surface area contributed by atoms with Gasteiger partial charge >= 0.3 is 0 Å². The van der Waals surface area contributed by atoms with Gasteiger partial charge in [-0.2, -0.15) is 0 Å². The van der Waals surface area contributed by atoms with Crippen molar-refractivity contribution in [2.75, 3.05) is 12.4 Å². The monoisotopic (exact) mass is 431 g/mol. The van der Waals surface area contributed by atoms with Gasteiger partial charge in [-0.25, -0.2) is 9.97 Å². The number of ether oxygens (including phenoxy) is 1. The maximum atomic E-state index is 12.9. The molecule has 32 heavy (non-hydrogen) atoms. The largest absolute Gasteiger partial charge is 0.494 e. The average molecular weight is 431 g/mol. The molecule has 0 aromatic carbocycles. The maximum Gasteiger partial charge on any atom is 0.277 e. The van der Waals surface area contributed by atoms with Crippen LogP contribution in [0.15, 0.2) is 47.5 Å². The van der Waals surface area contributed by atoms with Crippen molar-refractivity contribution in [2.24, 2.45) is 0 Å². The molecule has 1 aliphatic carbocycles. The van der Waals surface area contributed by atoms with Crippen LogP contribution in [-0.4, -0.2) is 32.4 Å². The van der Waals surface area contributed by atoms with Crippen molar-refractivity contribution in [1.29, 1.82) is 0 Å². The van der Waals surface area contributed by atoms with Crippen molar-refractivity contribution in [1.82, 2.24) is 19.4 Å². The molecule has 1 fully saturated rings. The average Bonchev–Trinajstić information content (AvgIpc) is 3.46. The summed E-state index contributed by atoms with van der Waals surface area (Å²) in [4.78, 5) is 26.2. The number of nitrogens with zero attached hydrogens (tertiary/aromatic N) is 4. The Morgan fingerprint density at radius 3 is 2.81 bits per heavy atom. The van der Waals surface area contributed by atoms with Gasteiger partial charge in [0, 0.05) is 41.8 Å². The van der Waals surface area contributed by atoms with Crippen LogP contribution in [0.1, 0.15) is 59.9 Å². The Balaban J connectivity index is 1.39. The number of pyridine rings is 2. The predicted octanol–water partition coefficient (Wildman–Crippen LogP) is 5.00. The number of methoxy groups -OCH3 is 1. The molecule has 0 radical (unpaired) electrons. The molecule has 0 aliphatic heterocycles. The van der Waals surface area contributed by atoms with Gasteiger partial charge in [-0.15, -0.1) is 0 Å². The van der Waals surface area contributed by atoms with Crippen LogP contribution in [0.5, 0.6) is 5.75 Å². The van der Waals surface area contributed by atoms with E-state index in [1.165, 1.54) is 38.4 Å². The third-order valence-electron chi connectivity index (χ3n) is 5.95. The molecule has 8 nitrogen and oxygen atoms in total. The van der Waals surface area contributed by atoms with Crippen LogP contribution < -0.4 is 10.1 Å². The van der Waals surface area contributed by atoms with Crippen LogP contribution in [0, 0.1) is 6.92 Å². The fourth-order valence-corrected chi connectivity index (χ4v) is 4.27. The van der Waals surface area contributed by atoms with Crippen LogP contribution >= 0.6 is 0 Å². The lowest BCUT2D eigenvalue weighted by Gasteiger charge is -2.19. The van der Waals surface area contributed by atoms with Gasteiger partial charge in [-0.05, 0) is 31.9 Å². The minimum atomic E-state index is -0.379. The lowest BCUT2D eigenvalue weighted by molar-refractivity contribution is 0.102. The number of rotatable bonds is 5. The Morgan fingerprint density at radius 2 is 2.03 bits per heavy atom. The molecular formula is C24H25N5O3. The van der Waals surface area contributed by atoms with E-state index in [2.05, 4.69) is 21.5 Å². The van der Waals surface area contributed by atoms with Gasteiger partial charge in [-0.3, -0.25) is 9.78 Å². The van der Waals surface area contributed by atoms with Gasteiger partial charge in [0.15, 0.2) is 5.69 Å². The highest BCUT2D eigenvalue weighted by molar-refractivity contribution is 6.03. The molecule has 0 saturated heterocycles. The van der Waals surface area contributed by atoms with Gasteiger partial charge < -0.3 is 18.9 Å². The first-order chi connectivity index (χ1) is 15.6. The number of fused-ring (bicyclic) bond motifs is 1. The molecule has 8 heteroatoms. The van der Waals surface area contributed by atoms with Crippen molar-refractivity contribution in [3.05, 3.63) is 60.1 Å². The Bertz CT molecular complexity index is 1270. The molecule has 0 spiro atoms. The summed E-state index contributed by atoms with van der Waals surface area (Å²) in [5.74, 6) is 1.03. The highest BCUT2D eigenvalue weighted by Crippen LogP contribution is 2.34. The third-order valence-corrected chi connectivity index (χ3v) is 5.95. The molecule has 4 aromatic heterocycles. The first kappa shape index (κ1) is 20.2. The fourth-order valence-electron chi connectivity index (χ4n) is 4.27. The number of anilines is 1. The standard InChI is InChI=1S/C24H25N5O3/c1-15-10-17(8-9-25-15)24-28-20(14-32-24)23(30)27-19-13-29-12-18(16-6-4-3-5-7-16)26-22(29)11-21(19)31-2/h8-14,16H,3-7H2,1-2H3,(H,27,30). The Kier molecular flexibility index (Phi) is 5.34. The maximum absolute atomic E-state index is 12.9. The molecule has 1 saturated carbocycles. The number of amides is 1. The molecule has 0 bridgehead atoms. The first-order valence-corrected chi connectivity index (χ1v) is 10.9. The lowest BCUT2D eigenvalue weighted by atomic mass is 9.87. The number of oxazole rings is 1. The Labute approximate surface area is 185 Å². The lowest BCUT2D eigenvalue weighted by Crippen LogP contribution is -2.13. The van der Waals surface area contributed by atoms with Crippen molar-refractivity contribution in [3.8, 4) is 17.2 Å². The van der Waals surface area contributed by atoms with E-state index >= 15 is 0 Å². The summed E-state index contributed by atoms with van der Waals surface area (Å²) in [5, 5.41) is 2.89. The highest BCUT2D eigenvalue weighted by atomic mass is 16.5. The minimum absolute atomic E-state index is 0.185. The quantitative estimate of drug-likeness (QED) is 0.478. The molecule has 0 atom stereocenters. The number of aryl methyl sites for hydroxylation is 1. The van der Waals surface area contributed by atoms with E-state index in [1.807, 2.05) is 29.7 Å². The van der Waals surface area contributed by atoms with E-state index < -0.39 is 0 Å². The summed E-state index contributed by atoms with van der Waals surface area (Å²) >= 11 is 0. The van der Waals surface area contributed by atoms with Crippen molar-refractivity contribution >= 4 is 17.2 Å². The van der Waals surface area contributed by atoms with Gasteiger partial charge in [-0.1, -0.05) is 19.3 Å². The van der Waals surface area contributed by atoms with E-state index in [0.29, 0.717) is 23.2 Å². The van der Waals surface area contributed by atoms with E-state index in [9.17, 15) is 4.79 Å². The van der Waals surface area contributed by atoms with Crippen LogP contribution in [0.25, 0.3) is 17.1 Å². The summed E-state index contributed by atoms with van der Waals surface area (Å²) in [6.07, 6.45) is 13.1. The molecule has 164 valence electrons. The van der Waals surface area contributed by atoms with E-state index in [1.54, 1.807) is 19.4 Å². The van der Waals surface area contributed by atoms with Gasteiger partial charge in [0.25, 0.3) is 5.91 Å². The second kappa shape index (κ2) is 8.45. The Morgan fingerprint density at radius 1 is 1.19 bits per heavy atom. The number of carbonyl (C=O) groups excluding carboxylic acids is 1. The summed E-state index contributed by atoms with van der Waals surface area (Å²) in [7, 11) is 1.58.